The van der Waals surface area contributed by atoms with E-state index in [1.807, 2.05) is 0 Å². The van der Waals surface area contributed by atoms with Gasteiger partial charge in [-0.1, -0.05) is 6.42 Å². The second-order valence-corrected chi connectivity index (χ2v) is 8.27. The minimum atomic E-state index is -3.13. The maximum Gasteiger partial charge on any atom is 0.248 e. The van der Waals surface area contributed by atoms with Gasteiger partial charge in [0.05, 0.1) is 12.9 Å². The van der Waals surface area contributed by atoms with Crippen LogP contribution in [0.25, 0.3) is 0 Å². The predicted molar refractivity (Wildman–Crippen MR) is 75.7 cm³/mol. The van der Waals surface area contributed by atoms with Crippen molar-refractivity contribution in [2.75, 3.05) is 46.7 Å². The molecule has 1 saturated heterocycles. The van der Waals surface area contributed by atoms with Crippen molar-refractivity contribution in [2.45, 2.75) is 19.3 Å². The molecule has 1 aliphatic carbocycles. The Morgan fingerprint density at radius 3 is 2.75 bits per heavy atom. The van der Waals surface area contributed by atoms with Crippen molar-refractivity contribution in [3.05, 3.63) is 0 Å². The minimum Gasteiger partial charge on any atom is -0.371 e. The van der Waals surface area contributed by atoms with Crippen molar-refractivity contribution in [1.82, 2.24) is 9.21 Å². The summed E-state index contributed by atoms with van der Waals surface area (Å²) in [6, 6.07) is 0. The zero-order valence-electron chi connectivity index (χ0n) is 12.5. The summed E-state index contributed by atoms with van der Waals surface area (Å²) in [6.45, 7) is 1.68. The fraction of sp³-hybridized carbons (Fsp3) is 0.923. The molecule has 0 unspecified atom stereocenters. The molecule has 6 nitrogen and oxygen atoms in total. The fourth-order valence-electron chi connectivity index (χ4n) is 3.32. The summed E-state index contributed by atoms with van der Waals surface area (Å²) >= 11 is 0. The molecule has 2 aliphatic rings. The average Bonchev–Trinajstić information content (AvgIpc) is 2.84. The molecule has 2 fully saturated rings. The highest BCUT2D eigenvalue weighted by Gasteiger charge is 2.51. The largest absolute Gasteiger partial charge is 0.371 e. The molecular formula is C13H24N2O4S. The predicted octanol–water partition coefficient (Wildman–Crippen LogP) is 0.153. The van der Waals surface area contributed by atoms with Crippen LogP contribution in [-0.4, -0.2) is 70.2 Å². The monoisotopic (exact) mass is 304 g/mol. The lowest BCUT2D eigenvalue weighted by molar-refractivity contribution is -0.134. The zero-order valence-corrected chi connectivity index (χ0v) is 13.3. The summed E-state index contributed by atoms with van der Waals surface area (Å²) in [5, 5.41) is 0. The normalized spacial score (nSPS) is 30.4. The van der Waals surface area contributed by atoms with Gasteiger partial charge in [0.15, 0.2) is 0 Å². The SMILES string of the molecule is CN(C)C(=O)COC[C@@]12CCC[C@@H]1CN(S(C)(=O)=O)C2. The third kappa shape index (κ3) is 3.15. The number of nitrogens with zero attached hydrogens (tertiary/aromatic N) is 2. The zero-order chi connectivity index (χ0) is 15.0. The van der Waals surface area contributed by atoms with Crippen LogP contribution in [0.1, 0.15) is 19.3 Å². The highest BCUT2D eigenvalue weighted by molar-refractivity contribution is 7.88. The molecule has 0 bridgehead atoms. The Morgan fingerprint density at radius 2 is 2.15 bits per heavy atom. The number of fused-ring (bicyclic) bond motifs is 1. The van der Waals surface area contributed by atoms with Gasteiger partial charge < -0.3 is 9.64 Å². The molecule has 2 rings (SSSR count). The van der Waals surface area contributed by atoms with Crippen LogP contribution in [0.3, 0.4) is 0 Å². The van der Waals surface area contributed by atoms with E-state index < -0.39 is 10.0 Å². The van der Waals surface area contributed by atoms with Gasteiger partial charge in [-0.25, -0.2) is 12.7 Å². The second-order valence-electron chi connectivity index (χ2n) is 6.29. The van der Waals surface area contributed by atoms with Crippen molar-refractivity contribution in [2.24, 2.45) is 11.3 Å². The van der Waals surface area contributed by atoms with E-state index in [9.17, 15) is 13.2 Å². The van der Waals surface area contributed by atoms with E-state index in [1.165, 1.54) is 11.2 Å². The molecule has 0 N–H and O–H groups in total. The van der Waals surface area contributed by atoms with E-state index in [0.717, 1.165) is 19.3 Å². The van der Waals surface area contributed by atoms with Crippen LogP contribution < -0.4 is 0 Å². The molecule has 1 aliphatic heterocycles. The summed E-state index contributed by atoms with van der Waals surface area (Å²) in [5.74, 6) is 0.306. The van der Waals surface area contributed by atoms with Crippen LogP contribution in [0.4, 0.5) is 0 Å². The van der Waals surface area contributed by atoms with E-state index in [1.54, 1.807) is 18.4 Å². The Hall–Kier alpha value is -0.660. The number of ether oxygens (including phenoxy) is 1. The van der Waals surface area contributed by atoms with Gasteiger partial charge in [0.1, 0.15) is 6.61 Å². The number of hydrogen-bond acceptors (Lipinski definition) is 4. The van der Waals surface area contributed by atoms with Crippen LogP contribution in [0.15, 0.2) is 0 Å². The lowest BCUT2D eigenvalue weighted by Gasteiger charge is -2.28. The number of rotatable bonds is 5. The third-order valence-electron chi connectivity index (χ3n) is 4.59. The Morgan fingerprint density at radius 1 is 1.45 bits per heavy atom. The first-order valence-corrected chi connectivity index (χ1v) is 8.82. The molecular weight excluding hydrogens is 280 g/mol. The first-order chi connectivity index (χ1) is 9.24. The van der Waals surface area contributed by atoms with Gasteiger partial charge in [-0.3, -0.25) is 4.79 Å². The number of sulfonamides is 1. The smallest absolute Gasteiger partial charge is 0.248 e. The van der Waals surface area contributed by atoms with Gasteiger partial charge >= 0.3 is 0 Å². The fourth-order valence-corrected chi connectivity index (χ4v) is 4.27. The highest BCUT2D eigenvalue weighted by atomic mass is 32.2. The maximum atomic E-state index is 11.7. The first-order valence-electron chi connectivity index (χ1n) is 6.98. The number of carbonyl (C=O) groups excluding carboxylic acids is 1. The number of carbonyl (C=O) groups is 1. The molecule has 0 aromatic heterocycles. The van der Waals surface area contributed by atoms with Crippen LogP contribution in [0.5, 0.6) is 0 Å². The average molecular weight is 304 g/mol. The Kier molecular flexibility index (Phi) is 4.41. The van der Waals surface area contributed by atoms with E-state index in [0.29, 0.717) is 25.6 Å². The molecule has 0 radical (unpaired) electrons. The molecule has 2 atom stereocenters. The Labute approximate surface area is 121 Å². The molecule has 20 heavy (non-hydrogen) atoms. The summed E-state index contributed by atoms with van der Waals surface area (Å²) in [5.41, 5.74) is -0.0876. The maximum absolute atomic E-state index is 11.7. The van der Waals surface area contributed by atoms with E-state index >= 15 is 0 Å². The van der Waals surface area contributed by atoms with Gasteiger partial charge in [-0.2, -0.15) is 0 Å². The number of hydrogen-bond donors (Lipinski definition) is 0. The van der Waals surface area contributed by atoms with Gasteiger partial charge in [0.25, 0.3) is 0 Å². The van der Waals surface area contributed by atoms with E-state index in [-0.39, 0.29) is 17.9 Å². The minimum absolute atomic E-state index is 0.0612. The van der Waals surface area contributed by atoms with Crippen LogP contribution >= 0.6 is 0 Å². The van der Waals surface area contributed by atoms with E-state index in [2.05, 4.69) is 0 Å². The molecule has 7 heteroatoms. The van der Waals surface area contributed by atoms with Crippen molar-refractivity contribution in [1.29, 1.82) is 0 Å². The molecule has 1 saturated carbocycles. The van der Waals surface area contributed by atoms with Gasteiger partial charge in [-0.05, 0) is 18.8 Å². The molecule has 1 heterocycles. The van der Waals surface area contributed by atoms with Crippen LogP contribution in [0.2, 0.25) is 0 Å². The van der Waals surface area contributed by atoms with Crippen molar-refractivity contribution < 1.29 is 17.9 Å². The molecule has 0 spiro atoms. The van der Waals surface area contributed by atoms with Gasteiger partial charge in [0, 0.05) is 32.6 Å². The summed E-state index contributed by atoms with van der Waals surface area (Å²) in [4.78, 5) is 13.0. The lowest BCUT2D eigenvalue weighted by atomic mass is 9.82. The van der Waals surface area contributed by atoms with Gasteiger partial charge in [0.2, 0.25) is 15.9 Å². The topological polar surface area (TPSA) is 66.9 Å². The lowest BCUT2D eigenvalue weighted by Crippen LogP contribution is -2.36. The highest BCUT2D eigenvalue weighted by Crippen LogP contribution is 2.49. The van der Waals surface area contributed by atoms with Crippen molar-refractivity contribution in [3.63, 3.8) is 0 Å². The summed E-state index contributed by atoms with van der Waals surface area (Å²) < 4.78 is 30.6. The van der Waals surface area contributed by atoms with Crippen molar-refractivity contribution in [3.8, 4) is 0 Å². The van der Waals surface area contributed by atoms with Crippen LogP contribution in [-0.2, 0) is 19.6 Å². The summed E-state index contributed by atoms with van der Waals surface area (Å²) in [7, 11) is 0.261. The van der Waals surface area contributed by atoms with E-state index in [4.69, 9.17) is 4.74 Å². The van der Waals surface area contributed by atoms with Crippen LogP contribution in [0, 0.1) is 11.3 Å². The quantitative estimate of drug-likeness (QED) is 0.725. The molecule has 0 aromatic rings. The second kappa shape index (κ2) is 5.61. The molecule has 0 aromatic carbocycles. The summed E-state index contributed by atoms with van der Waals surface area (Å²) in [6.07, 6.45) is 4.42. The number of amides is 1. The Balaban J connectivity index is 1.96. The standard InChI is InChI=1S/C13H24N2O4S/c1-14(2)12(16)8-19-10-13-6-4-5-11(13)7-15(9-13)20(3,17)18/h11H,4-10H2,1-3H3/t11-,13+/m1/s1. The number of likely N-dealkylation sites (N-methyl/N-ethyl adjacent to an activating group) is 1. The van der Waals surface area contributed by atoms with Crippen molar-refractivity contribution >= 4 is 15.9 Å². The third-order valence-corrected chi connectivity index (χ3v) is 5.81. The Bertz CT molecular complexity index is 477. The first kappa shape index (κ1) is 15.7. The van der Waals surface area contributed by atoms with Gasteiger partial charge in [-0.15, -0.1) is 0 Å². The molecule has 1 amide bonds. The molecule has 116 valence electrons.